The third kappa shape index (κ3) is 3.82. The van der Waals surface area contributed by atoms with Gasteiger partial charge in [0, 0.05) is 23.4 Å². The standard InChI is InChI=1S/C25H20N2O6/c1-14-3-8-19(13-15(14)2)26-22(16-6-11-20(28)12-7-16)21(24(30)25(26)31)23(29)17-4-9-18(10-5-17)27(32)33/h3-13,22,28-29H,1-2H3/b23-21+. The molecule has 1 amide bonds. The van der Waals surface area contributed by atoms with Crippen LogP contribution in [0.25, 0.3) is 5.76 Å². The van der Waals surface area contributed by atoms with E-state index in [0.717, 1.165) is 11.1 Å². The molecule has 0 spiro atoms. The van der Waals surface area contributed by atoms with E-state index in [1.807, 2.05) is 19.9 Å². The van der Waals surface area contributed by atoms with Gasteiger partial charge in [-0.05, 0) is 66.9 Å². The minimum Gasteiger partial charge on any atom is -0.508 e. The maximum atomic E-state index is 13.1. The Morgan fingerprint density at radius 2 is 1.58 bits per heavy atom. The van der Waals surface area contributed by atoms with Crippen LogP contribution in [-0.2, 0) is 9.59 Å². The van der Waals surface area contributed by atoms with Gasteiger partial charge in [-0.25, -0.2) is 0 Å². The fourth-order valence-electron chi connectivity index (χ4n) is 3.84. The van der Waals surface area contributed by atoms with Gasteiger partial charge in [0.1, 0.15) is 11.5 Å². The van der Waals surface area contributed by atoms with Crippen molar-refractivity contribution in [1.82, 2.24) is 0 Å². The molecule has 3 aromatic carbocycles. The third-order valence-corrected chi connectivity index (χ3v) is 5.77. The van der Waals surface area contributed by atoms with Crippen LogP contribution in [0, 0.1) is 24.0 Å². The number of nitro benzene ring substituents is 1. The van der Waals surface area contributed by atoms with Crippen LogP contribution in [-0.4, -0.2) is 26.8 Å². The van der Waals surface area contributed by atoms with Gasteiger partial charge in [-0.15, -0.1) is 0 Å². The lowest BCUT2D eigenvalue weighted by atomic mass is 9.95. The molecule has 8 heteroatoms. The SMILES string of the molecule is Cc1ccc(N2C(=O)C(=O)/C(=C(/O)c3ccc([N+](=O)[O-])cc3)C2c2ccc(O)cc2)cc1C. The number of aliphatic hydroxyl groups is 1. The first-order valence-corrected chi connectivity index (χ1v) is 10.1. The van der Waals surface area contributed by atoms with Crippen molar-refractivity contribution in [2.24, 2.45) is 0 Å². The summed E-state index contributed by atoms with van der Waals surface area (Å²) in [6, 6.07) is 15.5. The van der Waals surface area contributed by atoms with E-state index in [2.05, 4.69) is 0 Å². The number of nitro groups is 1. The average Bonchev–Trinajstić information content (AvgIpc) is 3.06. The second-order valence-corrected chi connectivity index (χ2v) is 7.83. The molecule has 1 unspecified atom stereocenters. The lowest BCUT2D eigenvalue weighted by Gasteiger charge is -2.26. The largest absolute Gasteiger partial charge is 0.508 e. The first kappa shape index (κ1) is 21.8. The summed E-state index contributed by atoms with van der Waals surface area (Å²) in [7, 11) is 0. The van der Waals surface area contributed by atoms with Gasteiger partial charge in [-0.3, -0.25) is 24.6 Å². The molecular weight excluding hydrogens is 424 g/mol. The molecule has 0 radical (unpaired) electrons. The number of benzene rings is 3. The molecule has 166 valence electrons. The summed E-state index contributed by atoms with van der Waals surface area (Å²) in [6.45, 7) is 3.82. The number of amides is 1. The summed E-state index contributed by atoms with van der Waals surface area (Å²) in [5.74, 6) is -2.10. The van der Waals surface area contributed by atoms with Gasteiger partial charge < -0.3 is 10.2 Å². The number of aryl methyl sites for hydroxylation is 2. The van der Waals surface area contributed by atoms with Gasteiger partial charge in [0.15, 0.2) is 0 Å². The van der Waals surface area contributed by atoms with Crippen LogP contribution >= 0.6 is 0 Å². The summed E-state index contributed by atoms with van der Waals surface area (Å²) >= 11 is 0. The van der Waals surface area contributed by atoms with Gasteiger partial charge >= 0.3 is 0 Å². The molecule has 1 heterocycles. The quantitative estimate of drug-likeness (QED) is 0.200. The molecule has 0 saturated carbocycles. The minimum atomic E-state index is -0.956. The third-order valence-electron chi connectivity index (χ3n) is 5.77. The molecule has 1 saturated heterocycles. The zero-order chi connectivity index (χ0) is 23.9. The fourth-order valence-corrected chi connectivity index (χ4v) is 3.84. The monoisotopic (exact) mass is 444 g/mol. The number of non-ortho nitro benzene ring substituents is 1. The number of ketones is 1. The van der Waals surface area contributed by atoms with Crippen molar-refractivity contribution in [2.75, 3.05) is 4.90 Å². The predicted octanol–water partition coefficient (Wildman–Crippen LogP) is 4.54. The smallest absolute Gasteiger partial charge is 0.300 e. The maximum absolute atomic E-state index is 13.1. The Morgan fingerprint density at radius 1 is 0.939 bits per heavy atom. The number of aliphatic hydroxyl groups excluding tert-OH is 1. The van der Waals surface area contributed by atoms with E-state index in [0.29, 0.717) is 11.3 Å². The molecule has 0 aliphatic carbocycles. The lowest BCUT2D eigenvalue weighted by Crippen LogP contribution is -2.29. The molecular formula is C25H20N2O6. The molecule has 3 aromatic rings. The van der Waals surface area contributed by atoms with Crippen molar-refractivity contribution in [3.63, 3.8) is 0 Å². The molecule has 33 heavy (non-hydrogen) atoms. The van der Waals surface area contributed by atoms with Crippen LogP contribution in [0.2, 0.25) is 0 Å². The highest BCUT2D eigenvalue weighted by Gasteiger charge is 2.47. The Morgan fingerprint density at radius 3 is 2.15 bits per heavy atom. The van der Waals surface area contributed by atoms with E-state index in [1.165, 1.54) is 41.3 Å². The summed E-state index contributed by atoms with van der Waals surface area (Å²) in [5, 5.41) is 31.7. The minimum absolute atomic E-state index is 0.0113. The van der Waals surface area contributed by atoms with Crippen molar-refractivity contribution >= 4 is 28.8 Å². The van der Waals surface area contributed by atoms with E-state index in [-0.39, 0.29) is 22.6 Å². The zero-order valence-corrected chi connectivity index (χ0v) is 17.9. The van der Waals surface area contributed by atoms with Crippen LogP contribution in [0.1, 0.15) is 28.3 Å². The highest BCUT2D eigenvalue weighted by Crippen LogP contribution is 2.42. The highest BCUT2D eigenvalue weighted by molar-refractivity contribution is 6.51. The van der Waals surface area contributed by atoms with E-state index in [4.69, 9.17) is 0 Å². The van der Waals surface area contributed by atoms with Crippen molar-refractivity contribution in [3.8, 4) is 5.75 Å². The number of phenolic OH excluding ortho intramolecular Hbond substituents is 1. The van der Waals surface area contributed by atoms with Crippen molar-refractivity contribution < 1.29 is 24.7 Å². The second-order valence-electron chi connectivity index (χ2n) is 7.83. The predicted molar refractivity (Wildman–Crippen MR) is 122 cm³/mol. The molecule has 0 bridgehead atoms. The molecule has 0 aromatic heterocycles. The van der Waals surface area contributed by atoms with Crippen LogP contribution in [0.4, 0.5) is 11.4 Å². The number of carbonyl (C=O) groups is 2. The Labute approximate surface area is 189 Å². The van der Waals surface area contributed by atoms with E-state index >= 15 is 0 Å². The Balaban J connectivity index is 1.92. The Bertz CT molecular complexity index is 1310. The van der Waals surface area contributed by atoms with Crippen LogP contribution in [0.15, 0.2) is 72.3 Å². The number of aromatic hydroxyl groups is 1. The van der Waals surface area contributed by atoms with Gasteiger partial charge in [0.25, 0.3) is 17.4 Å². The van der Waals surface area contributed by atoms with Crippen LogP contribution in [0.5, 0.6) is 5.75 Å². The molecule has 1 aliphatic heterocycles. The second kappa shape index (κ2) is 8.23. The summed E-state index contributed by atoms with van der Waals surface area (Å²) < 4.78 is 0. The summed E-state index contributed by atoms with van der Waals surface area (Å²) in [4.78, 5) is 38.0. The van der Waals surface area contributed by atoms with Crippen molar-refractivity contribution in [1.29, 1.82) is 0 Å². The van der Waals surface area contributed by atoms with Crippen LogP contribution < -0.4 is 4.90 Å². The molecule has 1 aliphatic rings. The van der Waals surface area contributed by atoms with Crippen LogP contribution in [0.3, 0.4) is 0 Å². The van der Waals surface area contributed by atoms with Gasteiger partial charge in [0.2, 0.25) is 0 Å². The van der Waals surface area contributed by atoms with Gasteiger partial charge in [-0.2, -0.15) is 0 Å². The molecule has 2 N–H and O–H groups in total. The van der Waals surface area contributed by atoms with E-state index in [9.17, 15) is 29.9 Å². The number of anilines is 1. The maximum Gasteiger partial charge on any atom is 0.300 e. The van der Waals surface area contributed by atoms with Gasteiger partial charge in [0.05, 0.1) is 16.5 Å². The molecule has 8 nitrogen and oxygen atoms in total. The van der Waals surface area contributed by atoms with Crippen molar-refractivity contribution in [3.05, 3.63) is 105 Å². The zero-order valence-electron chi connectivity index (χ0n) is 17.9. The van der Waals surface area contributed by atoms with Crippen molar-refractivity contribution in [2.45, 2.75) is 19.9 Å². The van der Waals surface area contributed by atoms with E-state index in [1.54, 1.807) is 24.3 Å². The Kier molecular flexibility index (Phi) is 5.43. The number of phenols is 1. The molecule has 1 fully saturated rings. The number of rotatable bonds is 4. The van der Waals surface area contributed by atoms with E-state index < -0.39 is 28.4 Å². The summed E-state index contributed by atoms with van der Waals surface area (Å²) in [5.41, 5.74) is 2.80. The number of carbonyl (C=O) groups excluding carboxylic acids is 2. The first-order valence-electron chi connectivity index (χ1n) is 10.1. The topological polar surface area (TPSA) is 121 Å². The summed E-state index contributed by atoms with van der Waals surface area (Å²) in [6.07, 6.45) is 0. The fraction of sp³-hybridized carbons (Fsp3) is 0.120. The number of Topliss-reactive ketones (excluding diaryl/α,β-unsaturated/α-hetero) is 1. The molecule has 4 rings (SSSR count). The lowest BCUT2D eigenvalue weighted by molar-refractivity contribution is -0.384. The first-order chi connectivity index (χ1) is 15.7. The van der Waals surface area contributed by atoms with Gasteiger partial charge in [-0.1, -0.05) is 18.2 Å². The average molecular weight is 444 g/mol. The number of hydrogen-bond donors (Lipinski definition) is 2. The number of nitrogens with zero attached hydrogens (tertiary/aromatic N) is 2. The Hall–Kier alpha value is -4.46. The number of hydrogen-bond acceptors (Lipinski definition) is 6. The highest BCUT2D eigenvalue weighted by atomic mass is 16.6. The normalized spacial score (nSPS) is 17.4. The molecule has 1 atom stereocenters.